The first-order chi connectivity index (χ1) is 11.8. The van der Waals surface area contributed by atoms with Crippen LogP contribution in [0.4, 0.5) is 0 Å². The lowest BCUT2D eigenvalue weighted by molar-refractivity contribution is -0.198. The molecule has 0 spiro atoms. The molecule has 134 valence electrons. The Labute approximate surface area is 145 Å². The minimum Gasteiger partial charge on any atom is -0.462 e. The van der Waals surface area contributed by atoms with Crippen molar-refractivity contribution >= 4 is 17.5 Å². The number of hydrogen-bond acceptors (Lipinski definition) is 7. The van der Waals surface area contributed by atoms with E-state index in [9.17, 15) is 14.4 Å². The third-order valence-corrected chi connectivity index (χ3v) is 3.72. The predicted octanol–water partition coefficient (Wildman–Crippen LogP) is 1.63. The number of esters is 1. The molecular weight excluding hydrogens is 326 g/mol. The molecule has 1 atom stereocenters. The van der Waals surface area contributed by atoms with Crippen molar-refractivity contribution in [3.05, 3.63) is 46.8 Å². The molecule has 0 bridgehead atoms. The summed E-state index contributed by atoms with van der Waals surface area (Å²) in [6, 6.07) is 6.88. The van der Waals surface area contributed by atoms with E-state index in [4.69, 9.17) is 19.9 Å². The molecule has 1 heterocycles. The van der Waals surface area contributed by atoms with E-state index in [1.54, 1.807) is 38.1 Å². The van der Waals surface area contributed by atoms with Crippen LogP contribution in [0.3, 0.4) is 0 Å². The zero-order valence-electron chi connectivity index (χ0n) is 14.5. The van der Waals surface area contributed by atoms with E-state index in [2.05, 4.69) is 0 Å². The fraction of sp³-hybridized carbons (Fsp3) is 0.389. The quantitative estimate of drug-likeness (QED) is 0.454. The molecule has 1 aliphatic rings. The predicted molar refractivity (Wildman–Crippen MR) is 88.4 cm³/mol. The molecule has 1 aromatic rings. The van der Waals surface area contributed by atoms with Gasteiger partial charge in [0.25, 0.3) is 5.79 Å². The molecule has 2 rings (SSSR count). The van der Waals surface area contributed by atoms with Crippen molar-refractivity contribution in [2.75, 3.05) is 13.2 Å². The molecule has 0 saturated carbocycles. The summed E-state index contributed by atoms with van der Waals surface area (Å²) < 4.78 is 15.6. The van der Waals surface area contributed by atoms with Crippen molar-refractivity contribution in [1.82, 2.24) is 0 Å². The van der Waals surface area contributed by atoms with Crippen molar-refractivity contribution in [2.45, 2.75) is 33.0 Å². The summed E-state index contributed by atoms with van der Waals surface area (Å²) in [5.74, 6) is -4.39. The van der Waals surface area contributed by atoms with Gasteiger partial charge in [-0.1, -0.05) is 29.8 Å². The van der Waals surface area contributed by atoms with E-state index in [1.807, 2.05) is 6.92 Å². The van der Waals surface area contributed by atoms with E-state index in [0.29, 0.717) is 5.56 Å². The van der Waals surface area contributed by atoms with Gasteiger partial charge in [-0.15, -0.1) is 0 Å². The number of carbonyl (C=O) groups is 3. The van der Waals surface area contributed by atoms with Gasteiger partial charge in [0, 0.05) is 12.2 Å². The second-order valence-corrected chi connectivity index (χ2v) is 5.54. The number of benzene rings is 1. The summed E-state index contributed by atoms with van der Waals surface area (Å²) in [5.41, 5.74) is 6.67. The summed E-state index contributed by atoms with van der Waals surface area (Å²) in [7, 11) is 0. The van der Waals surface area contributed by atoms with Crippen LogP contribution in [0.2, 0.25) is 0 Å². The molecule has 0 saturated heterocycles. The van der Waals surface area contributed by atoms with E-state index in [1.165, 1.54) is 0 Å². The minimum atomic E-state index is -1.94. The zero-order chi connectivity index (χ0) is 18.6. The number of ketones is 2. The molecule has 0 aliphatic carbocycles. The number of Topliss-reactive ketones (excluding diaryl/α,β-unsaturated/α-hetero) is 2. The van der Waals surface area contributed by atoms with Gasteiger partial charge in [0.1, 0.15) is 0 Å². The fourth-order valence-electron chi connectivity index (χ4n) is 2.52. The van der Waals surface area contributed by atoms with Gasteiger partial charge in [-0.2, -0.15) is 0 Å². The van der Waals surface area contributed by atoms with Crippen LogP contribution < -0.4 is 5.73 Å². The lowest BCUT2D eigenvalue weighted by Crippen LogP contribution is -2.43. The maximum Gasteiger partial charge on any atom is 0.347 e. The van der Waals surface area contributed by atoms with Crippen LogP contribution in [0.1, 0.15) is 36.2 Å². The highest BCUT2D eigenvalue weighted by Gasteiger charge is 2.54. The Hall–Kier alpha value is -2.67. The summed E-state index contributed by atoms with van der Waals surface area (Å²) in [6.45, 7) is 5.32. The Morgan fingerprint density at radius 2 is 1.80 bits per heavy atom. The van der Waals surface area contributed by atoms with Gasteiger partial charge in [-0.25, -0.2) is 4.79 Å². The molecule has 0 aromatic heterocycles. The van der Waals surface area contributed by atoms with E-state index in [-0.39, 0.29) is 19.0 Å². The third kappa shape index (κ3) is 3.71. The SMILES string of the molecule is CCOC(=O)C1=C(N)OC(CC(=O)c2ccc(C)cc2)(OCC)C1=O. The molecule has 7 nitrogen and oxygen atoms in total. The van der Waals surface area contributed by atoms with Crippen LogP contribution in [0.25, 0.3) is 0 Å². The number of hydrogen-bond donors (Lipinski definition) is 1. The Balaban J connectivity index is 2.28. The topological polar surface area (TPSA) is 105 Å². The van der Waals surface area contributed by atoms with Gasteiger partial charge in [-0.3, -0.25) is 9.59 Å². The lowest BCUT2D eigenvalue weighted by Gasteiger charge is -2.26. The highest BCUT2D eigenvalue weighted by Crippen LogP contribution is 2.34. The first-order valence-electron chi connectivity index (χ1n) is 7.99. The monoisotopic (exact) mass is 347 g/mol. The standard InChI is InChI=1S/C18H21NO6/c1-4-23-17(22)14-15(21)18(24-5-2,25-16(14)19)10-13(20)12-8-6-11(3)7-9-12/h6-9H,4-5,10,19H2,1-3H3. The molecule has 0 fully saturated rings. The van der Waals surface area contributed by atoms with Crippen molar-refractivity contribution in [1.29, 1.82) is 0 Å². The second kappa shape index (κ2) is 7.48. The Morgan fingerprint density at radius 3 is 2.36 bits per heavy atom. The number of carbonyl (C=O) groups excluding carboxylic acids is 3. The van der Waals surface area contributed by atoms with Gasteiger partial charge in [0.2, 0.25) is 11.7 Å². The van der Waals surface area contributed by atoms with E-state index in [0.717, 1.165) is 5.56 Å². The third-order valence-electron chi connectivity index (χ3n) is 3.72. The average molecular weight is 347 g/mol. The van der Waals surface area contributed by atoms with E-state index < -0.39 is 35.4 Å². The van der Waals surface area contributed by atoms with Crippen molar-refractivity contribution in [2.24, 2.45) is 5.73 Å². The molecule has 0 amide bonds. The number of rotatable bonds is 7. The Kier molecular flexibility index (Phi) is 5.58. The lowest BCUT2D eigenvalue weighted by atomic mass is 9.97. The minimum absolute atomic E-state index is 0.0762. The fourth-order valence-corrected chi connectivity index (χ4v) is 2.52. The van der Waals surface area contributed by atoms with Crippen LogP contribution >= 0.6 is 0 Å². The molecule has 7 heteroatoms. The maximum atomic E-state index is 12.7. The Morgan fingerprint density at radius 1 is 1.16 bits per heavy atom. The Bertz CT molecular complexity index is 722. The first-order valence-corrected chi connectivity index (χ1v) is 7.99. The summed E-state index contributed by atoms with van der Waals surface area (Å²) in [6.07, 6.45) is -0.396. The van der Waals surface area contributed by atoms with Gasteiger partial charge < -0.3 is 19.9 Å². The largest absolute Gasteiger partial charge is 0.462 e. The maximum absolute atomic E-state index is 12.7. The van der Waals surface area contributed by atoms with Crippen LogP contribution in [0.5, 0.6) is 0 Å². The molecule has 1 aromatic carbocycles. The molecule has 25 heavy (non-hydrogen) atoms. The smallest absolute Gasteiger partial charge is 0.347 e. The van der Waals surface area contributed by atoms with Crippen LogP contribution in [0.15, 0.2) is 35.7 Å². The number of nitrogens with two attached hydrogens (primary N) is 1. The highest BCUT2D eigenvalue weighted by atomic mass is 16.7. The second-order valence-electron chi connectivity index (χ2n) is 5.54. The normalized spacial score (nSPS) is 19.7. The van der Waals surface area contributed by atoms with Crippen molar-refractivity contribution < 1.29 is 28.6 Å². The van der Waals surface area contributed by atoms with E-state index >= 15 is 0 Å². The van der Waals surface area contributed by atoms with Gasteiger partial charge >= 0.3 is 5.97 Å². The van der Waals surface area contributed by atoms with Crippen LogP contribution in [-0.4, -0.2) is 36.5 Å². The van der Waals surface area contributed by atoms with Gasteiger partial charge in [-0.05, 0) is 20.8 Å². The summed E-state index contributed by atoms with van der Waals surface area (Å²) in [5, 5.41) is 0. The van der Waals surface area contributed by atoms with Gasteiger partial charge in [0.05, 0.1) is 13.0 Å². The molecule has 2 N–H and O–H groups in total. The number of ether oxygens (including phenoxy) is 3. The zero-order valence-corrected chi connectivity index (χ0v) is 14.5. The average Bonchev–Trinajstić information content (AvgIpc) is 2.79. The number of aryl methyl sites for hydroxylation is 1. The molecular formula is C18H21NO6. The molecule has 0 radical (unpaired) electrons. The summed E-state index contributed by atoms with van der Waals surface area (Å²) in [4.78, 5) is 37.2. The highest BCUT2D eigenvalue weighted by molar-refractivity contribution is 6.22. The van der Waals surface area contributed by atoms with Crippen molar-refractivity contribution in [3.8, 4) is 0 Å². The molecule has 1 aliphatic heterocycles. The molecule has 1 unspecified atom stereocenters. The van der Waals surface area contributed by atoms with Crippen LogP contribution in [0, 0.1) is 6.92 Å². The van der Waals surface area contributed by atoms with Crippen molar-refractivity contribution in [3.63, 3.8) is 0 Å². The van der Waals surface area contributed by atoms with Crippen LogP contribution in [-0.2, 0) is 23.8 Å². The first kappa shape index (κ1) is 18.7. The summed E-state index contributed by atoms with van der Waals surface area (Å²) >= 11 is 0. The van der Waals surface area contributed by atoms with Gasteiger partial charge in [0.15, 0.2) is 11.4 Å².